The molecule has 2 unspecified atom stereocenters. The Kier molecular flexibility index (Phi) is 11.6. The highest BCUT2D eigenvalue weighted by atomic mass is 16.6. The van der Waals surface area contributed by atoms with Crippen molar-refractivity contribution in [2.24, 2.45) is 0 Å². The zero-order valence-electron chi connectivity index (χ0n) is 14.7. The van der Waals surface area contributed by atoms with Gasteiger partial charge in [-0.3, -0.25) is 0 Å². The lowest BCUT2D eigenvalue weighted by molar-refractivity contribution is -0.131. The summed E-state index contributed by atoms with van der Waals surface area (Å²) in [4.78, 5) is 10.3. The molecule has 3 heteroatoms. The summed E-state index contributed by atoms with van der Waals surface area (Å²) in [7, 11) is 0. The molecule has 1 heterocycles. The second-order valence-corrected chi connectivity index (χ2v) is 6.53. The molecule has 0 saturated carbocycles. The molecule has 1 aliphatic heterocycles. The van der Waals surface area contributed by atoms with Crippen molar-refractivity contribution in [1.82, 2.24) is 0 Å². The van der Waals surface area contributed by atoms with Crippen molar-refractivity contribution in [3.05, 3.63) is 24.3 Å². The van der Waals surface area contributed by atoms with Crippen LogP contribution in [0.2, 0.25) is 0 Å². The number of rotatable bonds is 15. The van der Waals surface area contributed by atoms with Crippen LogP contribution in [0.25, 0.3) is 0 Å². The van der Waals surface area contributed by atoms with Gasteiger partial charge in [-0.15, -0.1) is 0 Å². The van der Waals surface area contributed by atoms with Crippen LogP contribution in [0, 0.1) is 0 Å². The van der Waals surface area contributed by atoms with Gasteiger partial charge in [-0.25, -0.2) is 4.79 Å². The van der Waals surface area contributed by atoms with Crippen LogP contribution in [-0.4, -0.2) is 23.3 Å². The number of hydrogen-bond acceptors (Lipinski definition) is 2. The van der Waals surface area contributed by atoms with Crippen LogP contribution in [0.1, 0.15) is 84.0 Å². The molecule has 0 radical (unpaired) electrons. The van der Waals surface area contributed by atoms with E-state index in [0.717, 1.165) is 12.5 Å². The minimum Gasteiger partial charge on any atom is -0.478 e. The fraction of sp³-hybridized carbons (Fsp3) is 0.750. The lowest BCUT2D eigenvalue weighted by Gasteiger charge is -1.99. The largest absolute Gasteiger partial charge is 0.478 e. The van der Waals surface area contributed by atoms with E-state index >= 15 is 0 Å². The van der Waals surface area contributed by atoms with E-state index in [1.54, 1.807) is 6.08 Å². The number of carbonyl (C=O) groups is 1. The van der Waals surface area contributed by atoms with Crippen molar-refractivity contribution < 1.29 is 14.6 Å². The molecule has 1 saturated heterocycles. The maximum Gasteiger partial charge on any atom is 0.328 e. The first kappa shape index (κ1) is 20.0. The zero-order valence-corrected chi connectivity index (χ0v) is 14.7. The molecule has 132 valence electrons. The third-order valence-electron chi connectivity index (χ3n) is 4.38. The van der Waals surface area contributed by atoms with Crippen molar-refractivity contribution in [3.8, 4) is 0 Å². The number of allylic oxidation sites excluding steroid dienone is 3. The highest BCUT2D eigenvalue weighted by Crippen LogP contribution is 2.31. The average molecular weight is 322 g/mol. The summed E-state index contributed by atoms with van der Waals surface area (Å²) in [6.45, 7) is 2.26. The van der Waals surface area contributed by atoms with Gasteiger partial charge in [0.15, 0.2) is 0 Å². The smallest absolute Gasteiger partial charge is 0.328 e. The molecule has 1 fully saturated rings. The van der Waals surface area contributed by atoms with Crippen molar-refractivity contribution in [3.63, 3.8) is 0 Å². The van der Waals surface area contributed by atoms with Gasteiger partial charge in [-0.05, 0) is 25.7 Å². The summed E-state index contributed by atoms with van der Waals surface area (Å²) in [6, 6.07) is 0. The minimum absolute atomic E-state index is 0.541. The van der Waals surface area contributed by atoms with E-state index in [1.165, 1.54) is 70.6 Å². The van der Waals surface area contributed by atoms with Gasteiger partial charge in [-0.1, -0.05) is 76.5 Å². The predicted molar refractivity (Wildman–Crippen MR) is 95.7 cm³/mol. The Morgan fingerprint density at radius 3 is 2.17 bits per heavy atom. The normalized spacial score (nSPS) is 20.6. The van der Waals surface area contributed by atoms with Gasteiger partial charge < -0.3 is 9.84 Å². The minimum atomic E-state index is -0.894. The highest BCUT2D eigenvalue weighted by Gasteiger charge is 2.36. The highest BCUT2D eigenvalue weighted by molar-refractivity contribution is 5.80. The van der Waals surface area contributed by atoms with Gasteiger partial charge in [0.05, 0.1) is 12.2 Å². The van der Waals surface area contributed by atoms with Gasteiger partial charge in [-0.2, -0.15) is 0 Å². The maximum atomic E-state index is 10.3. The van der Waals surface area contributed by atoms with E-state index in [-0.39, 0.29) is 0 Å². The summed E-state index contributed by atoms with van der Waals surface area (Å²) in [5, 5.41) is 8.44. The molecule has 0 bridgehead atoms. The molecular formula is C20H34O3. The van der Waals surface area contributed by atoms with E-state index < -0.39 is 5.97 Å². The van der Waals surface area contributed by atoms with Crippen LogP contribution in [0.4, 0.5) is 0 Å². The fourth-order valence-electron chi connectivity index (χ4n) is 2.91. The van der Waals surface area contributed by atoms with Crippen LogP contribution in [0.15, 0.2) is 24.3 Å². The SMILES string of the molecule is CCCCCCCCC1OC1CCCCCC=CC=CC(=O)O. The first-order chi connectivity index (χ1) is 11.2. The predicted octanol–water partition coefficient (Wildman–Crippen LogP) is 5.65. The van der Waals surface area contributed by atoms with Gasteiger partial charge in [0.25, 0.3) is 0 Å². The second kappa shape index (κ2) is 13.4. The molecule has 1 aliphatic rings. The van der Waals surface area contributed by atoms with Crippen LogP contribution in [0.5, 0.6) is 0 Å². The van der Waals surface area contributed by atoms with Gasteiger partial charge in [0.2, 0.25) is 0 Å². The van der Waals surface area contributed by atoms with Crippen molar-refractivity contribution in [2.45, 2.75) is 96.2 Å². The fourth-order valence-corrected chi connectivity index (χ4v) is 2.91. The Labute approximate surface area is 141 Å². The van der Waals surface area contributed by atoms with Crippen LogP contribution in [0.3, 0.4) is 0 Å². The second-order valence-electron chi connectivity index (χ2n) is 6.53. The Morgan fingerprint density at radius 2 is 1.52 bits per heavy atom. The lowest BCUT2D eigenvalue weighted by Crippen LogP contribution is -1.94. The van der Waals surface area contributed by atoms with Gasteiger partial charge >= 0.3 is 5.97 Å². The summed E-state index contributed by atoms with van der Waals surface area (Å²) in [5.74, 6) is -0.894. The van der Waals surface area contributed by atoms with Crippen LogP contribution in [-0.2, 0) is 9.53 Å². The molecular weight excluding hydrogens is 288 g/mol. The Balaban J connectivity index is 1.82. The molecule has 0 aromatic heterocycles. The summed E-state index contributed by atoms with van der Waals surface area (Å²) in [6.07, 6.45) is 23.0. The summed E-state index contributed by atoms with van der Waals surface area (Å²) in [5.41, 5.74) is 0. The number of unbranched alkanes of at least 4 members (excludes halogenated alkanes) is 8. The van der Waals surface area contributed by atoms with Crippen molar-refractivity contribution in [2.75, 3.05) is 0 Å². The molecule has 0 aliphatic carbocycles. The first-order valence-corrected chi connectivity index (χ1v) is 9.45. The van der Waals surface area contributed by atoms with E-state index in [0.29, 0.717) is 12.2 Å². The Morgan fingerprint density at radius 1 is 0.913 bits per heavy atom. The molecule has 0 amide bonds. The van der Waals surface area contributed by atoms with Crippen LogP contribution >= 0.6 is 0 Å². The van der Waals surface area contributed by atoms with Gasteiger partial charge in [0.1, 0.15) is 0 Å². The molecule has 0 aromatic carbocycles. The topological polar surface area (TPSA) is 49.8 Å². The molecule has 23 heavy (non-hydrogen) atoms. The van der Waals surface area contributed by atoms with Crippen LogP contribution < -0.4 is 0 Å². The number of carboxylic acid groups (broad SMARTS) is 1. The lowest BCUT2D eigenvalue weighted by atomic mass is 10.0. The average Bonchev–Trinajstić information content (AvgIpc) is 3.27. The number of epoxide rings is 1. The number of aliphatic carboxylic acids is 1. The number of hydrogen-bond donors (Lipinski definition) is 1. The first-order valence-electron chi connectivity index (χ1n) is 9.45. The monoisotopic (exact) mass is 322 g/mol. The van der Waals surface area contributed by atoms with Gasteiger partial charge in [0, 0.05) is 6.08 Å². The summed E-state index contributed by atoms with van der Waals surface area (Å²) < 4.78 is 5.75. The van der Waals surface area contributed by atoms with E-state index in [9.17, 15) is 4.79 Å². The van der Waals surface area contributed by atoms with E-state index in [4.69, 9.17) is 9.84 Å². The Hall–Kier alpha value is -1.09. The van der Waals surface area contributed by atoms with E-state index in [1.807, 2.05) is 12.2 Å². The molecule has 1 N–H and O–H groups in total. The third-order valence-corrected chi connectivity index (χ3v) is 4.38. The molecule has 3 nitrogen and oxygen atoms in total. The Bertz CT molecular complexity index is 360. The van der Waals surface area contributed by atoms with E-state index in [2.05, 4.69) is 6.92 Å². The third kappa shape index (κ3) is 12.1. The number of carboxylic acids is 1. The zero-order chi connectivity index (χ0) is 16.8. The van der Waals surface area contributed by atoms with Crippen molar-refractivity contribution >= 4 is 5.97 Å². The molecule has 1 rings (SSSR count). The number of ether oxygens (including phenoxy) is 1. The standard InChI is InChI=1S/C20H34O3/c1-2-3-4-5-9-12-15-18-19(23-18)16-13-10-7-6-8-11-14-17-20(21)22/h8,11,14,17-19H,2-7,9-10,12-13,15-16H2,1H3,(H,21,22). The maximum absolute atomic E-state index is 10.3. The van der Waals surface area contributed by atoms with Crippen molar-refractivity contribution in [1.29, 1.82) is 0 Å². The molecule has 0 spiro atoms. The molecule has 0 aromatic rings. The summed E-state index contributed by atoms with van der Waals surface area (Å²) >= 11 is 0. The quantitative estimate of drug-likeness (QED) is 0.183. The molecule has 2 atom stereocenters.